The topological polar surface area (TPSA) is 83.8 Å². The van der Waals surface area contributed by atoms with E-state index in [1.54, 1.807) is 6.92 Å². The van der Waals surface area contributed by atoms with Crippen LogP contribution < -0.4 is 0 Å². The highest BCUT2D eigenvalue weighted by molar-refractivity contribution is 5.87. The third-order valence-electron chi connectivity index (χ3n) is 2.32. The summed E-state index contributed by atoms with van der Waals surface area (Å²) in [6, 6.07) is 0. The molecule has 0 aliphatic rings. The van der Waals surface area contributed by atoms with Gasteiger partial charge >= 0.3 is 11.9 Å². The second kappa shape index (κ2) is 7.84. The molecule has 2 N–H and O–H groups in total. The number of unbranched alkanes of at least 4 members (excludes halogenated alkanes) is 1. The van der Waals surface area contributed by atoms with Crippen LogP contribution in [-0.4, -0.2) is 34.4 Å². The van der Waals surface area contributed by atoms with Gasteiger partial charge < -0.3 is 14.9 Å². The number of esters is 1. The summed E-state index contributed by atoms with van der Waals surface area (Å²) in [5.74, 6) is -1.37. The van der Waals surface area contributed by atoms with Crippen molar-refractivity contribution in [3.63, 3.8) is 0 Å². The van der Waals surface area contributed by atoms with E-state index >= 15 is 0 Å². The van der Waals surface area contributed by atoms with E-state index in [1.165, 1.54) is 6.92 Å². The van der Waals surface area contributed by atoms with Crippen LogP contribution in [0.15, 0.2) is 12.2 Å². The number of aliphatic hydroxyl groups excluding tert-OH is 1. The van der Waals surface area contributed by atoms with Gasteiger partial charge in [-0.3, -0.25) is 4.79 Å². The molecule has 0 saturated heterocycles. The fraction of sp³-hybridized carbons (Fsp3) is 0.667. The molecule has 2 unspecified atom stereocenters. The largest absolute Gasteiger partial charge is 0.481 e. The first kappa shape index (κ1) is 15.6. The molecule has 0 amide bonds. The van der Waals surface area contributed by atoms with Gasteiger partial charge in [-0.25, -0.2) is 4.79 Å². The van der Waals surface area contributed by atoms with Crippen LogP contribution in [0.4, 0.5) is 0 Å². The molecule has 0 heterocycles. The molecule has 0 radical (unpaired) electrons. The summed E-state index contributed by atoms with van der Waals surface area (Å²) in [6.45, 7) is 6.58. The number of ether oxygens (including phenoxy) is 1. The second-order valence-corrected chi connectivity index (χ2v) is 4.10. The molecule has 0 aliphatic heterocycles. The summed E-state index contributed by atoms with van der Waals surface area (Å²) >= 11 is 0. The van der Waals surface area contributed by atoms with Crippen LogP contribution in [0.2, 0.25) is 0 Å². The van der Waals surface area contributed by atoms with E-state index in [0.717, 1.165) is 0 Å². The lowest BCUT2D eigenvalue weighted by atomic mass is 10.1. The molecular weight excluding hydrogens is 224 g/mol. The quantitative estimate of drug-likeness (QED) is 0.384. The zero-order valence-corrected chi connectivity index (χ0v) is 10.3. The zero-order chi connectivity index (χ0) is 13.4. The number of carbonyl (C=O) groups excluding carboxylic acids is 1. The van der Waals surface area contributed by atoms with Gasteiger partial charge in [-0.2, -0.15) is 0 Å². The minimum absolute atomic E-state index is 0.0899. The first-order chi connectivity index (χ1) is 7.84. The van der Waals surface area contributed by atoms with E-state index in [9.17, 15) is 14.7 Å². The Morgan fingerprint density at radius 2 is 1.94 bits per heavy atom. The number of hydrogen-bond acceptors (Lipinski definition) is 4. The summed E-state index contributed by atoms with van der Waals surface area (Å²) in [6.07, 6.45) is 0.219. The van der Waals surface area contributed by atoms with Crippen molar-refractivity contribution < 1.29 is 24.5 Å². The van der Waals surface area contributed by atoms with Gasteiger partial charge in [0.1, 0.15) is 6.10 Å². The number of aliphatic hydroxyl groups is 1. The van der Waals surface area contributed by atoms with Crippen LogP contribution in [0.25, 0.3) is 0 Å². The highest BCUT2D eigenvalue weighted by Gasteiger charge is 2.18. The molecule has 0 saturated carbocycles. The number of carboxylic acid groups (broad SMARTS) is 1. The van der Waals surface area contributed by atoms with Gasteiger partial charge in [-0.05, 0) is 26.7 Å². The number of rotatable bonds is 8. The molecule has 5 heteroatoms. The minimum atomic E-state index is -0.846. The van der Waals surface area contributed by atoms with Crippen molar-refractivity contribution in [1.29, 1.82) is 0 Å². The number of hydrogen-bond donors (Lipinski definition) is 2. The third-order valence-corrected chi connectivity index (χ3v) is 2.32. The summed E-state index contributed by atoms with van der Waals surface area (Å²) in [4.78, 5) is 21.4. The van der Waals surface area contributed by atoms with Gasteiger partial charge in [-0.15, -0.1) is 0 Å². The predicted octanol–water partition coefficient (Wildman–Crippen LogP) is 1.50. The molecule has 0 fully saturated rings. The Hall–Kier alpha value is -1.36. The standard InChI is InChI=1S/C12H20O5/c1-8(2)12(16)17-9(3)10(13)6-4-5-7-11(14)15/h9-10,13H,1,4-7H2,2-3H3,(H,14,15). The van der Waals surface area contributed by atoms with Crippen LogP contribution in [0, 0.1) is 0 Å². The Kier molecular flexibility index (Phi) is 7.21. The van der Waals surface area contributed by atoms with E-state index < -0.39 is 24.1 Å². The molecule has 2 atom stereocenters. The Labute approximate surface area is 101 Å². The molecule has 0 aliphatic carbocycles. The lowest BCUT2D eigenvalue weighted by Crippen LogP contribution is -2.28. The number of aliphatic carboxylic acids is 1. The predicted molar refractivity (Wildman–Crippen MR) is 62.5 cm³/mol. The maximum absolute atomic E-state index is 11.2. The average Bonchev–Trinajstić information content (AvgIpc) is 2.23. The van der Waals surface area contributed by atoms with Crippen molar-refractivity contribution in [1.82, 2.24) is 0 Å². The molecule has 98 valence electrons. The van der Waals surface area contributed by atoms with Crippen molar-refractivity contribution >= 4 is 11.9 Å². The van der Waals surface area contributed by atoms with Crippen molar-refractivity contribution in [3.8, 4) is 0 Å². The van der Waals surface area contributed by atoms with E-state index in [0.29, 0.717) is 19.3 Å². The lowest BCUT2D eigenvalue weighted by Gasteiger charge is -2.19. The van der Waals surface area contributed by atoms with Gasteiger partial charge in [-0.1, -0.05) is 13.0 Å². The Morgan fingerprint density at radius 3 is 2.41 bits per heavy atom. The molecule has 0 aromatic rings. The van der Waals surface area contributed by atoms with Crippen LogP contribution in [-0.2, 0) is 14.3 Å². The summed E-state index contributed by atoms with van der Waals surface area (Å²) < 4.78 is 4.95. The molecule has 0 spiro atoms. The Balaban J connectivity index is 3.81. The minimum Gasteiger partial charge on any atom is -0.481 e. The van der Waals surface area contributed by atoms with Crippen LogP contribution in [0.3, 0.4) is 0 Å². The monoisotopic (exact) mass is 244 g/mol. The molecule has 17 heavy (non-hydrogen) atoms. The Morgan fingerprint density at radius 1 is 1.35 bits per heavy atom. The molecular formula is C12H20O5. The maximum Gasteiger partial charge on any atom is 0.333 e. The normalized spacial score (nSPS) is 13.8. The number of carbonyl (C=O) groups is 2. The first-order valence-corrected chi connectivity index (χ1v) is 5.61. The van der Waals surface area contributed by atoms with E-state index in [1.807, 2.05) is 0 Å². The van der Waals surface area contributed by atoms with Crippen molar-refractivity contribution in [2.45, 2.75) is 51.7 Å². The molecule has 5 nitrogen and oxygen atoms in total. The van der Waals surface area contributed by atoms with Gasteiger partial charge in [0.25, 0.3) is 0 Å². The molecule has 0 rings (SSSR count). The van der Waals surface area contributed by atoms with Gasteiger partial charge in [0.05, 0.1) is 6.10 Å². The summed E-state index contributed by atoms with van der Waals surface area (Å²) in [5.41, 5.74) is 0.287. The van der Waals surface area contributed by atoms with E-state index in [-0.39, 0.29) is 12.0 Å². The van der Waals surface area contributed by atoms with Gasteiger partial charge in [0.2, 0.25) is 0 Å². The fourth-order valence-electron chi connectivity index (χ4n) is 1.21. The lowest BCUT2D eigenvalue weighted by molar-refractivity contribution is -0.149. The zero-order valence-electron chi connectivity index (χ0n) is 10.3. The molecule has 0 aromatic heterocycles. The SMILES string of the molecule is C=C(C)C(=O)OC(C)C(O)CCCCC(=O)O. The highest BCUT2D eigenvalue weighted by atomic mass is 16.6. The van der Waals surface area contributed by atoms with Crippen molar-refractivity contribution in [3.05, 3.63) is 12.2 Å². The summed E-state index contributed by atoms with van der Waals surface area (Å²) in [7, 11) is 0. The van der Waals surface area contributed by atoms with Gasteiger partial charge in [0, 0.05) is 12.0 Å². The van der Waals surface area contributed by atoms with Crippen LogP contribution in [0.1, 0.15) is 39.5 Å². The maximum atomic E-state index is 11.2. The molecule has 0 aromatic carbocycles. The smallest absolute Gasteiger partial charge is 0.333 e. The second-order valence-electron chi connectivity index (χ2n) is 4.10. The Bertz CT molecular complexity index is 285. The fourth-order valence-corrected chi connectivity index (χ4v) is 1.21. The van der Waals surface area contributed by atoms with Gasteiger partial charge in [0.15, 0.2) is 0 Å². The molecule has 0 bridgehead atoms. The van der Waals surface area contributed by atoms with Crippen molar-refractivity contribution in [2.24, 2.45) is 0 Å². The van der Waals surface area contributed by atoms with E-state index in [2.05, 4.69) is 6.58 Å². The third kappa shape index (κ3) is 7.52. The number of carboxylic acids is 1. The first-order valence-electron chi connectivity index (χ1n) is 5.61. The average molecular weight is 244 g/mol. The van der Waals surface area contributed by atoms with Crippen LogP contribution >= 0.6 is 0 Å². The highest BCUT2D eigenvalue weighted by Crippen LogP contribution is 2.10. The summed E-state index contributed by atoms with van der Waals surface area (Å²) in [5, 5.41) is 18.1. The van der Waals surface area contributed by atoms with Crippen LogP contribution in [0.5, 0.6) is 0 Å². The van der Waals surface area contributed by atoms with E-state index in [4.69, 9.17) is 9.84 Å². The van der Waals surface area contributed by atoms with Crippen molar-refractivity contribution in [2.75, 3.05) is 0 Å².